The predicted octanol–water partition coefficient (Wildman–Crippen LogP) is 0.941. The van der Waals surface area contributed by atoms with E-state index in [0.29, 0.717) is 26.1 Å². The molecule has 21 heavy (non-hydrogen) atoms. The van der Waals surface area contributed by atoms with E-state index in [9.17, 15) is 13.2 Å². The zero-order valence-electron chi connectivity index (χ0n) is 12.3. The van der Waals surface area contributed by atoms with Crippen LogP contribution in [0.2, 0.25) is 0 Å². The van der Waals surface area contributed by atoms with Crippen LogP contribution in [0, 0.1) is 0 Å². The molecule has 1 heterocycles. The molecule has 1 aromatic rings. The van der Waals surface area contributed by atoms with Gasteiger partial charge in [-0.25, -0.2) is 12.7 Å². The van der Waals surface area contributed by atoms with Crippen LogP contribution >= 0.6 is 0 Å². The highest BCUT2D eigenvalue weighted by molar-refractivity contribution is 7.88. The number of fused-ring (bicyclic) bond motifs is 1. The lowest BCUT2D eigenvalue weighted by Gasteiger charge is -2.18. The lowest BCUT2D eigenvalue weighted by molar-refractivity contribution is -0.117. The van der Waals surface area contributed by atoms with Gasteiger partial charge in [-0.3, -0.25) is 4.79 Å². The second-order valence-electron chi connectivity index (χ2n) is 5.07. The molecule has 1 atom stereocenters. The summed E-state index contributed by atoms with van der Waals surface area (Å²) < 4.78 is 24.4. The van der Waals surface area contributed by atoms with Gasteiger partial charge in [0.15, 0.2) is 0 Å². The topological polar surface area (TPSA) is 78.5 Å². The number of hydrogen-bond donors (Lipinski definition) is 2. The summed E-state index contributed by atoms with van der Waals surface area (Å²) in [7, 11) is -3.15. The highest BCUT2D eigenvalue weighted by Crippen LogP contribution is 2.29. The molecule has 7 heteroatoms. The van der Waals surface area contributed by atoms with E-state index in [1.165, 1.54) is 10.6 Å². The first-order chi connectivity index (χ1) is 9.93. The standard InChI is InChI=1S/C14H21N3O3S/c1-3-17(21(2,19)20)10-6-9-15-13-11-7-4-5-8-12(11)16-14(13)18/h4-5,7-8,13,15H,3,6,9-10H2,1-2H3,(H,16,18). The Balaban J connectivity index is 1.86. The molecule has 116 valence electrons. The quantitative estimate of drug-likeness (QED) is 0.735. The second kappa shape index (κ2) is 6.55. The van der Waals surface area contributed by atoms with Crippen molar-refractivity contribution in [2.24, 2.45) is 0 Å². The van der Waals surface area contributed by atoms with Crippen LogP contribution in [0.1, 0.15) is 24.9 Å². The van der Waals surface area contributed by atoms with E-state index in [1.54, 1.807) is 0 Å². The highest BCUT2D eigenvalue weighted by Gasteiger charge is 2.29. The molecule has 0 radical (unpaired) electrons. The summed E-state index contributed by atoms with van der Waals surface area (Å²) in [5.41, 5.74) is 1.78. The molecule has 1 aliphatic heterocycles. The number of nitrogens with one attached hydrogen (secondary N) is 2. The maximum atomic E-state index is 11.9. The van der Waals surface area contributed by atoms with Gasteiger partial charge in [0.1, 0.15) is 6.04 Å². The number of nitrogens with zero attached hydrogens (tertiary/aromatic N) is 1. The number of hydrogen-bond acceptors (Lipinski definition) is 4. The zero-order valence-corrected chi connectivity index (χ0v) is 13.1. The van der Waals surface area contributed by atoms with Gasteiger partial charge in [0.25, 0.3) is 0 Å². The summed E-state index contributed by atoms with van der Waals surface area (Å²) in [5.74, 6) is -0.0633. The van der Waals surface area contributed by atoms with Crippen molar-refractivity contribution >= 4 is 21.6 Å². The number of carbonyl (C=O) groups is 1. The van der Waals surface area contributed by atoms with Gasteiger partial charge in [0.2, 0.25) is 15.9 Å². The number of amides is 1. The lowest BCUT2D eigenvalue weighted by Crippen LogP contribution is -2.34. The molecule has 0 spiro atoms. The third-order valence-electron chi connectivity index (χ3n) is 3.55. The summed E-state index contributed by atoms with van der Waals surface area (Å²) in [6, 6.07) is 7.22. The molecule has 0 saturated carbocycles. The first kappa shape index (κ1) is 15.9. The maximum absolute atomic E-state index is 11.9. The molecule has 1 unspecified atom stereocenters. The first-order valence-corrected chi connectivity index (χ1v) is 8.86. The van der Waals surface area contributed by atoms with Crippen molar-refractivity contribution < 1.29 is 13.2 Å². The molecule has 0 fully saturated rings. The molecular weight excluding hydrogens is 290 g/mol. The summed E-state index contributed by atoms with van der Waals surface area (Å²) in [5, 5.41) is 6.01. The third-order valence-corrected chi connectivity index (χ3v) is 4.93. The van der Waals surface area contributed by atoms with E-state index in [4.69, 9.17) is 0 Å². The van der Waals surface area contributed by atoms with E-state index in [1.807, 2.05) is 31.2 Å². The van der Waals surface area contributed by atoms with E-state index in [-0.39, 0.29) is 11.9 Å². The Morgan fingerprint density at radius 3 is 2.71 bits per heavy atom. The molecule has 0 aromatic heterocycles. The first-order valence-electron chi connectivity index (χ1n) is 7.01. The van der Waals surface area contributed by atoms with Crippen molar-refractivity contribution in [1.29, 1.82) is 0 Å². The Kier molecular flexibility index (Phi) is 4.97. The molecule has 2 rings (SSSR count). The van der Waals surface area contributed by atoms with Crippen LogP contribution < -0.4 is 10.6 Å². The van der Waals surface area contributed by atoms with Crippen molar-refractivity contribution in [3.05, 3.63) is 29.8 Å². The molecule has 1 aromatic carbocycles. The molecule has 0 saturated heterocycles. The molecule has 0 bridgehead atoms. The van der Waals surface area contributed by atoms with E-state index < -0.39 is 10.0 Å². The molecule has 6 nitrogen and oxygen atoms in total. The number of anilines is 1. The summed E-state index contributed by atoms with van der Waals surface area (Å²) in [6.45, 7) is 3.32. The fourth-order valence-electron chi connectivity index (χ4n) is 2.47. The van der Waals surface area contributed by atoms with Crippen LogP contribution in [0.4, 0.5) is 5.69 Å². The fraction of sp³-hybridized carbons (Fsp3) is 0.500. The van der Waals surface area contributed by atoms with Crippen LogP contribution in [-0.4, -0.2) is 44.5 Å². The third kappa shape index (κ3) is 3.81. The maximum Gasteiger partial charge on any atom is 0.246 e. The van der Waals surface area contributed by atoms with Gasteiger partial charge in [0.05, 0.1) is 6.26 Å². The minimum atomic E-state index is -3.15. The number of carbonyl (C=O) groups excluding carboxylic acids is 1. The Morgan fingerprint density at radius 2 is 2.05 bits per heavy atom. The van der Waals surface area contributed by atoms with Crippen molar-refractivity contribution in [2.75, 3.05) is 31.2 Å². The SMILES string of the molecule is CCN(CCCNC1C(=O)Nc2ccccc21)S(C)(=O)=O. The fourth-order valence-corrected chi connectivity index (χ4v) is 3.40. The van der Waals surface area contributed by atoms with Crippen molar-refractivity contribution in [1.82, 2.24) is 9.62 Å². The number of sulfonamides is 1. The van der Waals surface area contributed by atoms with Crippen LogP contribution in [0.3, 0.4) is 0 Å². The molecular formula is C14H21N3O3S. The average molecular weight is 311 g/mol. The van der Waals surface area contributed by atoms with Gasteiger partial charge >= 0.3 is 0 Å². The number of para-hydroxylation sites is 1. The lowest BCUT2D eigenvalue weighted by atomic mass is 10.1. The minimum absolute atomic E-state index is 0.0633. The summed E-state index contributed by atoms with van der Waals surface area (Å²) >= 11 is 0. The molecule has 1 amide bonds. The van der Waals surface area contributed by atoms with Gasteiger partial charge in [-0.15, -0.1) is 0 Å². The summed E-state index contributed by atoms with van der Waals surface area (Å²) in [4.78, 5) is 11.9. The normalized spacial score (nSPS) is 17.9. The Labute approximate surface area is 125 Å². The van der Waals surface area contributed by atoms with Gasteiger partial charge in [0, 0.05) is 24.3 Å². The van der Waals surface area contributed by atoms with Gasteiger partial charge in [-0.1, -0.05) is 25.1 Å². The van der Waals surface area contributed by atoms with Gasteiger partial charge in [-0.2, -0.15) is 0 Å². The largest absolute Gasteiger partial charge is 0.324 e. The van der Waals surface area contributed by atoms with Crippen molar-refractivity contribution in [2.45, 2.75) is 19.4 Å². The van der Waals surface area contributed by atoms with Crippen LogP contribution in [0.5, 0.6) is 0 Å². The predicted molar refractivity (Wildman–Crippen MR) is 82.5 cm³/mol. The second-order valence-corrected chi connectivity index (χ2v) is 7.05. The molecule has 1 aliphatic rings. The minimum Gasteiger partial charge on any atom is -0.324 e. The monoisotopic (exact) mass is 311 g/mol. The van der Waals surface area contributed by atoms with Gasteiger partial charge < -0.3 is 10.6 Å². The zero-order chi connectivity index (χ0) is 15.5. The molecule has 2 N–H and O–H groups in total. The smallest absolute Gasteiger partial charge is 0.246 e. The molecule has 0 aliphatic carbocycles. The summed E-state index contributed by atoms with van der Waals surface area (Å²) in [6.07, 6.45) is 1.87. The Hall–Kier alpha value is -1.44. The van der Waals surface area contributed by atoms with E-state index >= 15 is 0 Å². The van der Waals surface area contributed by atoms with E-state index in [0.717, 1.165) is 11.3 Å². The van der Waals surface area contributed by atoms with Crippen LogP contribution in [0.25, 0.3) is 0 Å². The van der Waals surface area contributed by atoms with Gasteiger partial charge in [-0.05, 0) is 19.0 Å². The van der Waals surface area contributed by atoms with Crippen molar-refractivity contribution in [3.63, 3.8) is 0 Å². The van der Waals surface area contributed by atoms with Crippen LogP contribution in [0.15, 0.2) is 24.3 Å². The van der Waals surface area contributed by atoms with Crippen LogP contribution in [-0.2, 0) is 14.8 Å². The van der Waals surface area contributed by atoms with E-state index in [2.05, 4.69) is 10.6 Å². The average Bonchev–Trinajstić information content (AvgIpc) is 2.73. The number of rotatable bonds is 7. The van der Waals surface area contributed by atoms with Crippen molar-refractivity contribution in [3.8, 4) is 0 Å². The Bertz CT molecular complexity index is 616. The Morgan fingerprint density at radius 1 is 1.33 bits per heavy atom. The number of benzene rings is 1. The highest BCUT2D eigenvalue weighted by atomic mass is 32.2.